The van der Waals surface area contributed by atoms with E-state index in [0.29, 0.717) is 26.2 Å². The van der Waals surface area contributed by atoms with E-state index >= 15 is 0 Å². The third-order valence-electron chi connectivity index (χ3n) is 2.78. The summed E-state index contributed by atoms with van der Waals surface area (Å²) >= 11 is 0. The summed E-state index contributed by atoms with van der Waals surface area (Å²) in [5, 5.41) is 14.3. The normalized spacial score (nSPS) is 12.6. The standard InChI is InChI=1S/C15H31N3O5/c1-12(13(20)17-7-10-22-11-9-19)16-6-8-18(5)14(21)23-15(2,3)4/h12,16,19H,6-11H2,1-5H3,(H,17,20)/t12-/m0/s1. The summed E-state index contributed by atoms with van der Waals surface area (Å²) in [4.78, 5) is 25.0. The number of aliphatic hydroxyl groups excluding tert-OH is 1. The van der Waals surface area contributed by atoms with Crippen LogP contribution in [0.5, 0.6) is 0 Å². The molecule has 0 aromatic rings. The smallest absolute Gasteiger partial charge is 0.410 e. The maximum Gasteiger partial charge on any atom is 0.410 e. The number of nitrogens with zero attached hydrogens (tertiary/aromatic N) is 1. The lowest BCUT2D eigenvalue weighted by atomic mass is 10.2. The van der Waals surface area contributed by atoms with Crippen LogP contribution >= 0.6 is 0 Å². The summed E-state index contributed by atoms with van der Waals surface area (Å²) < 4.78 is 10.3. The molecule has 0 fully saturated rings. The Morgan fingerprint density at radius 3 is 2.43 bits per heavy atom. The number of aliphatic hydroxyl groups is 1. The molecule has 0 radical (unpaired) electrons. The van der Waals surface area contributed by atoms with E-state index in [0.717, 1.165) is 0 Å². The zero-order valence-electron chi connectivity index (χ0n) is 14.8. The summed E-state index contributed by atoms with van der Waals surface area (Å²) in [6.45, 7) is 9.09. The van der Waals surface area contributed by atoms with E-state index < -0.39 is 11.7 Å². The van der Waals surface area contributed by atoms with Crippen molar-refractivity contribution in [2.24, 2.45) is 0 Å². The predicted molar refractivity (Wildman–Crippen MR) is 87.2 cm³/mol. The van der Waals surface area contributed by atoms with Gasteiger partial charge in [-0.15, -0.1) is 0 Å². The third-order valence-corrected chi connectivity index (χ3v) is 2.78. The van der Waals surface area contributed by atoms with Crippen molar-refractivity contribution in [3.8, 4) is 0 Å². The zero-order chi connectivity index (χ0) is 17.9. The second kappa shape index (κ2) is 11.2. The summed E-state index contributed by atoms with van der Waals surface area (Å²) in [6, 6.07) is -0.375. The number of carbonyl (C=O) groups is 2. The predicted octanol–water partition coefficient (Wildman–Crippen LogP) is -0.0435. The average molecular weight is 333 g/mol. The Labute approximate surface area is 138 Å². The Morgan fingerprint density at radius 2 is 1.87 bits per heavy atom. The summed E-state index contributed by atoms with van der Waals surface area (Å²) in [5.74, 6) is -0.141. The van der Waals surface area contributed by atoms with Crippen molar-refractivity contribution < 1.29 is 24.2 Å². The van der Waals surface area contributed by atoms with Gasteiger partial charge in [0.2, 0.25) is 5.91 Å². The molecule has 0 unspecified atom stereocenters. The van der Waals surface area contributed by atoms with Crippen molar-refractivity contribution in [2.45, 2.75) is 39.3 Å². The van der Waals surface area contributed by atoms with Gasteiger partial charge in [0.15, 0.2) is 0 Å². The fourth-order valence-electron chi connectivity index (χ4n) is 1.54. The SMILES string of the molecule is C[C@H](NCCN(C)C(=O)OC(C)(C)C)C(=O)NCCOCCO. The van der Waals surface area contributed by atoms with Gasteiger partial charge in [0.1, 0.15) is 5.60 Å². The first kappa shape index (κ1) is 21.6. The Hall–Kier alpha value is -1.38. The Kier molecular flexibility index (Phi) is 10.5. The molecule has 0 bridgehead atoms. The molecule has 0 aromatic carbocycles. The van der Waals surface area contributed by atoms with E-state index in [1.165, 1.54) is 4.90 Å². The van der Waals surface area contributed by atoms with Crippen LogP contribution in [-0.4, -0.2) is 80.2 Å². The molecular weight excluding hydrogens is 302 g/mol. The van der Waals surface area contributed by atoms with Crippen molar-refractivity contribution in [2.75, 3.05) is 46.5 Å². The van der Waals surface area contributed by atoms with Crippen LogP contribution in [0, 0.1) is 0 Å². The van der Waals surface area contributed by atoms with Crippen molar-refractivity contribution in [1.29, 1.82) is 0 Å². The lowest BCUT2D eigenvalue weighted by Gasteiger charge is -2.25. The summed E-state index contributed by atoms with van der Waals surface area (Å²) in [7, 11) is 1.65. The molecule has 0 aliphatic rings. The van der Waals surface area contributed by atoms with Crippen molar-refractivity contribution in [3.63, 3.8) is 0 Å². The highest BCUT2D eigenvalue weighted by molar-refractivity contribution is 5.81. The fourth-order valence-corrected chi connectivity index (χ4v) is 1.54. The molecule has 1 atom stereocenters. The molecule has 0 aromatic heterocycles. The van der Waals surface area contributed by atoms with Crippen LogP contribution in [0.3, 0.4) is 0 Å². The molecule has 0 heterocycles. The van der Waals surface area contributed by atoms with Gasteiger partial charge in [-0.1, -0.05) is 0 Å². The van der Waals surface area contributed by atoms with Gasteiger partial charge in [-0.3, -0.25) is 4.79 Å². The zero-order valence-corrected chi connectivity index (χ0v) is 14.8. The number of likely N-dealkylation sites (N-methyl/N-ethyl adjacent to an activating group) is 1. The van der Waals surface area contributed by atoms with E-state index in [1.807, 2.05) is 20.8 Å². The van der Waals surface area contributed by atoms with Gasteiger partial charge in [-0.05, 0) is 27.7 Å². The molecule has 23 heavy (non-hydrogen) atoms. The van der Waals surface area contributed by atoms with Crippen LogP contribution in [-0.2, 0) is 14.3 Å². The van der Waals surface area contributed by atoms with Crippen molar-refractivity contribution in [3.05, 3.63) is 0 Å². The van der Waals surface area contributed by atoms with Crippen LogP contribution in [0.4, 0.5) is 4.79 Å². The molecule has 136 valence electrons. The van der Waals surface area contributed by atoms with E-state index in [-0.39, 0.29) is 25.2 Å². The minimum absolute atomic E-state index is 0.0307. The van der Waals surface area contributed by atoms with Crippen molar-refractivity contribution in [1.82, 2.24) is 15.5 Å². The first-order valence-corrected chi connectivity index (χ1v) is 7.81. The highest BCUT2D eigenvalue weighted by atomic mass is 16.6. The van der Waals surface area contributed by atoms with E-state index in [2.05, 4.69) is 10.6 Å². The van der Waals surface area contributed by atoms with Crippen LogP contribution in [0.15, 0.2) is 0 Å². The number of hydrogen-bond acceptors (Lipinski definition) is 6. The minimum Gasteiger partial charge on any atom is -0.444 e. The first-order valence-electron chi connectivity index (χ1n) is 7.81. The highest BCUT2D eigenvalue weighted by Gasteiger charge is 2.19. The molecular formula is C15H31N3O5. The monoisotopic (exact) mass is 333 g/mol. The lowest BCUT2D eigenvalue weighted by Crippen LogP contribution is -2.46. The number of nitrogens with one attached hydrogen (secondary N) is 2. The minimum atomic E-state index is -0.524. The van der Waals surface area contributed by atoms with E-state index in [1.54, 1.807) is 14.0 Å². The van der Waals surface area contributed by atoms with Crippen LogP contribution in [0.25, 0.3) is 0 Å². The van der Waals surface area contributed by atoms with Gasteiger partial charge in [0.05, 0.1) is 25.9 Å². The molecule has 8 heteroatoms. The average Bonchev–Trinajstić information content (AvgIpc) is 2.44. The van der Waals surface area contributed by atoms with E-state index in [4.69, 9.17) is 14.6 Å². The highest BCUT2D eigenvalue weighted by Crippen LogP contribution is 2.08. The first-order chi connectivity index (χ1) is 10.7. The quantitative estimate of drug-likeness (QED) is 0.485. The van der Waals surface area contributed by atoms with E-state index in [9.17, 15) is 9.59 Å². The van der Waals surface area contributed by atoms with Crippen LogP contribution < -0.4 is 10.6 Å². The van der Waals surface area contributed by atoms with Crippen LogP contribution in [0.1, 0.15) is 27.7 Å². The number of rotatable bonds is 10. The number of amides is 2. The maximum atomic E-state index is 11.8. The van der Waals surface area contributed by atoms with Crippen LogP contribution in [0.2, 0.25) is 0 Å². The molecule has 0 rings (SSSR count). The number of ether oxygens (including phenoxy) is 2. The Morgan fingerprint density at radius 1 is 1.22 bits per heavy atom. The Balaban J connectivity index is 3.85. The molecule has 0 spiro atoms. The Bertz CT molecular complexity index is 358. The summed E-state index contributed by atoms with van der Waals surface area (Å²) in [5.41, 5.74) is -0.524. The van der Waals surface area contributed by atoms with Gasteiger partial charge in [-0.2, -0.15) is 0 Å². The largest absolute Gasteiger partial charge is 0.444 e. The molecule has 2 amide bonds. The van der Waals surface area contributed by atoms with Gasteiger partial charge in [-0.25, -0.2) is 4.79 Å². The molecule has 0 saturated carbocycles. The molecule has 0 saturated heterocycles. The lowest BCUT2D eigenvalue weighted by molar-refractivity contribution is -0.123. The number of carbonyl (C=O) groups excluding carboxylic acids is 2. The van der Waals surface area contributed by atoms with Gasteiger partial charge in [0, 0.05) is 26.7 Å². The third kappa shape index (κ3) is 11.8. The molecule has 8 nitrogen and oxygen atoms in total. The van der Waals surface area contributed by atoms with Gasteiger partial charge >= 0.3 is 6.09 Å². The van der Waals surface area contributed by atoms with Gasteiger partial charge in [0.25, 0.3) is 0 Å². The molecule has 0 aliphatic carbocycles. The summed E-state index contributed by atoms with van der Waals surface area (Å²) in [6.07, 6.45) is -0.391. The fraction of sp³-hybridized carbons (Fsp3) is 0.867. The maximum absolute atomic E-state index is 11.8. The number of hydrogen-bond donors (Lipinski definition) is 3. The molecule has 3 N–H and O–H groups in total. The second-order valence-electron chi connectivity index (χ2n) is 6.20. The van der Waals surface area contributed by atoms with Crippen molar-refractivity contribution >= 4 is 12.0 Å². The molecule has 0 aliphatic heterocycles. The topological polar surface area (TPSA) is 100 Å². The van der Waals surface area contributed by atoms with Gasteiger partial charge < -0.3 is 30.1 Å². The second-order valence-corrected chi connectivity index (χ2v) is 6.20.